The van der Waals surface area contributed by atoms with Crippen molar-refractivity contribution in [3.8, 4) is 11.5 Å². The van der Waals surface area contributed by atoms with E-state index in [0.29, 0.717) is 17.9 Å². The lowest BCUT2D eigenvalue weighted by Gasteiger charge is -2.13. The van der Waals surface area contributed by atoms with Crippen LogP contribution in [-0.2, 0) is 6.42 Å². The van der Waals surface area contributed by atoms with Gasteiger partial charge in [-0.05, 0) is 44.0 Å². The fraction of sp³-hybridized carbons (Fsp3) is 0.412. The second kappa shape index (κ2) is 6.22. The van der Waals surface area contributed by atoms with Crippen LogP contribution in [0.15, 0.2) is 22.6 Å². The predicted octanol–water partition coefficient (Wildman–Crippen LogP) is 3.50. The first-order valence-corrected chi connectivity index (χ1v) is 6.93. The Balaban J connectivity index is 2.25. The van der Waals surface area contributed by atoms with E-state index in [9.17, 15) is 5.11 Å². The molecule has 21 heavy (non-hydrogen) atoms. The van der Waals surface area contributed by atoms with E-state index in [1.807, 2.05) is 39.0 Å². The molecule has 0 aliphatic carbocycles. The summed E-state index contributed by atoms with van der Waals surface area (Å²) >= 11 is 0. The molecule has 4 heteroatoms. The van der Waals surface area contributed by atoms with Crippen molar-refractivity contribution in [1.29, 1.82) is 0 Å². The molecule has 2 rings (SSSR count). The Kier molecular flexibility index (Phi) is 4.58. The second-order valence-corrected chi connectivity index (χ2v) is 5.16. The number of hydrogen-bond acceptors (Lipinski definition) is 4. The van der Waals surface area contributed by atoms with Crippen molar-refractivity contribution in [2.45, 2.75) is 33.3 Å². The molecule has 0 amide bonds. The summed E-state index contributed by atoms with van der Waals surface area (Å²) in [6.45, 7) is 5.76. The molecule has 0 spiro atoms. The molecule has 1 unspecified atom stereocenters. The zero-order chi connectivity index (χ0) is 15.6. The highest BCUT2D eigenvalue weighted by atomic mass is 16.5. The second-order valence-electron chi connectivity index (χ2n) is 5.16. The number of aryl methyl sites for hydroxylation is 2. The molecule has 1 atom stereocenters. The van der Waals surface area contributed by atoms with Crippen LogP contribution in [0, 0.1) is 20.8 Å². The molecule has 2 aromatic rings. The first-order valence-electron chi connectivity index (χ1n) is 6.93. The number of ether oxygens (including phenoxy) is 2. The van der Waals surface area contributed by atoms with Crippen LogP contribution in [0.3, 0.4) is 0 Å². The Morgan fingerprint density at radius 3 is 2.24 bits per heavy atom. The number of aliphatic hydroxyl groups excluding tert-OH is 1. The standard InChI is InChI=1S/C17H22O4/c1-10-11(2)21-12(3)17(10)14(18)8-13-6-7-15(19-4)16(9-13)20-5/h6-7,9,14,18H,8H2,1-5H3. The maximum absolute atomic E-state index is 10.5. The van der Waals surface area contributed by atoms with Crippen LogP contribution >= 0.6 is 0 Å². The molecule has 1 aromatic carbocycles. The van der Waals surface area contributed by atoms with Crippen LogP contribution in [0.25, 0.3) is 0 Å². The molecule has 1 aromatic heterocycles. The minimum atomic E-state index is -0.597. The van der Waals surface area contributed by atoms with Gasteiger partial charge in [-0.2, -0.15) is 0 Å². The number of hydrogen-bond donors (Lipinski definition) is 1. The average molecular weight is 290 g/mol. The molecule has 0 aliphatic rings. The van der Waals surface area contributed by atoms with Crippen LogP contribution in [-0.4, -0.2) is 19.3 Å². The highest BCUT2D eigenvalue weighted by Crippen LogP contribution is 2.32. The normalized spacial score (nSPS) is 12.3. The SMILES string of the molecule is COc1ccc(CC(O)c2c(C)oc(C)c2C)cc1OC. The van der Waals surface area contributed by atoms with Gasteiger partial charge >= 0.3 is 0 Å². The van der Waals surface area contributed by atoms with Gasteiger partial charge in [-0.25, -0.2) is 0 Å². The molecule has 114 valence electrons. The number of rotatable bonds is 5. The molecule has 1 heterocycles. The van der Waals surface area contributed by atoms with E-state index in [4.69, 9.17) is 13.9 Å². The topological polar surface area (TPSA) is 51.8 Å². The van der Waals surface area contributed by atoms with Crippen molar-refractivity contribution >= 4 is 0 Å². The van der Waals surface area contributed by atoms with E-state index in [-0.39, 0.29) is 0 Å². The summed E-state index contributed by atoms with van der Waals surface area (Å²) in [5.74, 6) is 2.98. The lowest BCUT2D eigenvalue weighted by atomic mass is 9.98. The zero-order valence-electron chi connectivity index (χ0n) is 13.2. The smallest absolute Gasteiger partial charge is 0.160 e. The molecule has 0 saturated heterocycles. The molecule has 4 nitrogen and oxygen atoms in total. The van der Waals surface area contributed by atoms with E-state index < -0.39 is 6.10 Å². The van der Waals surface area contributed by atoms with Crippen molar-refractivity contribution in [3.63, 3.8) is 0 Å². The minimum Gasteiger partial charge on any atom is -0.493 e. The summed E-state index contributed by atoms with van der Waals surface area (Å²) in [6, 6.07) is 5.67. The van der Waals surface area contributed by atoms with Gasteiger partial charge in [0.2, 0.25) is 0 Å². The van der Waals surface area contributed by atoms with Crippen LogP contribution in [0.1, 0.15) is 34.3 Å². The Hall–Kier alpha value is -1.94. The summed E-state index contributed by atoms with van der Waals surface area (Å²) < 4.78 is 16.1. The highest BCUT2D eigenvalue weighted by molar-refractivity contribution is 5.43. The molecule has 0 radical (unpaired) electrons. The number of furan rings is 1. The van der Waals surface area contributed by atoms with Gasteiger partial charge in [-0.15, -0.1) is 0 Å². The van der Waals surface area contributed by atoms with Crippen molar-refractivity contribution in [2.24, 2.45) is 0 Å². The van der Waals surface area contributed by atoms with E-state index in [1.165, 1.54) is 0 Å². The minimum absolute atomic E-state index is 0.501. The van der Waals surface area contributed by atoms with Crippen molar-refractivity contribution in [2.75, 3.05) is 14.2 Å². The van der Waals surface area contributed by atoms with Crippen LogP contribution in [0.2, 0.25) is 0 Å². The summed E-state index contributed by atoms with van der Waals surface area (Å²) in [5.41, 5.74) is 2.88. The largest absolute Gasteiger partial charge is 0.493 e. The van der Waals surface area contributed by atoms with Crippen molar-refractivity contribution < 1.29 is 19.0 Å². The molecular weight excluding hydrogens is 268 g/mol. The van der Waals surface area contributed by atoms with Gasteiger partial charge in [-0.3, -0.25) is 0 Å². The number of methoxy groups -OCH3 is 2. The van der Waals surface area contributed by atoms with Gasteiger partial charge in [-0.1, -0.05) is 6.07 Å². The highest BCUT2D eigenvalue weighted by Gasteiger charge is 2.20. The summed E-state index contributed by atoms with van der Waals surface area (Å²) in [4.78, 5) is 0. The van der Waals surface area contributed by atoms with Crippen LogP contribution < -0.4 is 9.47 Å². The molecule has 0 bridgehead atoms. The Labute approximate surface area is 125 Å². The first-order chi connectivity index (χ1) is 9.97. The maximum Gasteiger partial charge on any atom is 0.160 e. The number of benzene rings is 1. The fourth-order valence-corrected chi connectivity index (χ4v) is 2.63. The van der Waals surface area contributed by atoms with Gasteiger partial charge in [0.15, 0.2) is 11.5 Å². The quantitative estimate of drug-likeness (QED) is 0.915. The third-order valence-corrected chi connectivity index (χ3v) is 3.83. The van der Waals surface area contributed by atoms with Crippen LogP contribution in [0.4, 0.5) is 0 Å². The average Bonchev–Trinajstić information content (AvgIpc) is 2.71. The first kappa shape index (κ1) is 15.4. The summed E-state index contributed by atoms with van der Waals surface area (Å²) in [7, 11) is 3.21. The van der Waals surface area contributed by atoms with E-state index in [2.05, 4.69) is 0 Å². The molecular formula is C17H22O4. The Morgan fingerprint density at radius 2 is 1.71 bits per heavy atom. The Bertz CT molecular complexity index is 628. The number of aliphatic hydroxyl groups is 1. The van der Waals surface area contributed by atoms with Gasteiger partial charge < -0.3 is 19.0 Å². The van der Waals surface area contributed by atoms with E-state index in [1.54, 1.807) is 14.2 Å². The third kappa shape index (κ3) is 3.05. The molecule has 1 N–H and O–H groups in total. The van der Waals surface area contributed by atoms with E-state index >= 15 is 0 Å². The van der Waals surface area contributed by atoms with Crippen molar-refractivity contribution in [3.05, 3.63) is 46.4 Å². The predicted molar refractivity (Wildman–Crippen MR) is 81.1 cm³/mol. The molecule has 0 saturated carbocycles. The summed E-state index contributed by atoms with van der Waals surface area (Å²) in [6.07, 6.45) is -0.0957. The van der Waals surface area contributed by atoms with Gasteiger partial charge in [0.05, 0.1) is 20.3 Å². The van der Waals surface area contributed by atoms with Crippen LogP contribution in [0.5, 0.6) is 11.5 Å². The fourth-order valence-electron chi connectivity index (χ4n) is 2.63. The lowest BCUT2D eigenvalue weighted by Crippen LogP contribution is -2.04. The molecule has 0 fully saturated rings. The van der Waals surface area contributed by atoms with Gasteiger partial charge in [0.25, 0.3) is 0 Å². The molecule has 0 aliphatic heterocycles. The van der Waals surface area contributed by atoms with Crippen molar-refractivity contribution in [1.82, 2.24) is 0 Å². The Morgan fingerprint density at radius 1 is 1.05 bits per heavy atom. The summed E-state index contributed by atoms with van der Waals surface area (Å²) in [5, 5.41) is 10.5. The van der Waals surface area contributed by atoms with Gasteiger partial charge in [0.1, 0.15) is 11.5 Å². The van der Waals surface area contributed by atoms with E-state index in [0.717, 1.165) is 28.2 Å². The van der Waals surface area contributed by atoms with Gasteiger partial charge in [0, 0.05) is 12.0 Å². The zero-order valence-corrected chi connectivity index (χ0v) is 13.2. The maximum atomic E-state index is 10.5. The lowest BCUT2D eigenvalue weighted by molar-refractivity contribution is 0.175. The monoisotopic (exact) mass is 290 g/mol. The third-order valence-electron chi connectivity index (χ3n) is 3.83.